The lowest BCUT2D eigenvalue weighted by molar-refractivity contribution is 0.0698. The standard InChI is InChI=1S/C20H15FN2O5S/c21-14-8-10-15(11-9-14)23-29(27,28)16-5-3-4-13(12-16)19(24)22-18-7-2-1-6-17(18)20(25)26/h1-12,23H,(H,22,24)(H,25,26). The van der Waals surface area contributed by atoms with Crippen molar-refractivity contribution >= 4 is 33.3 Å². The Morgan fingerprint density at radius 3 is 2.28 bits per heavy atom. The molecule has 29 heavy (non-hydrogen) atoms. The number of nitrogens with one attached hydrogen (secondary N) is 2. The van der Waals surface area contributed by atoms with E-state index in [1.165, 1.54) is 48.5 Å². The molecule has 3 N–H and O–H groups in total. The van der Waals surface area contributed by atoms with Gasteiger partial charge < -0.3 is 10.4 Å². The highest BCUT2D eigenvalue weighted by Gasteiger charge is 2.18. The minimum absolute atomic E-state index is 0.0205. The number of hydrogen-bond donors (Lipinski definition) is 3. The second-order valence-corrected chi connectivity index (χ2v) is 7.63. The van der Waals surface area contributed by atoms with Crippen molar-refractivity contribution in [3.05, 3.63) is 89.7 Å². The summed E-state index contributed by atoms with van der Waals surface area (Å²) in [5.74, 6) is -2.38. The summed E-state index contributed by atoms with van der Waals surface area (Å²) >= 11 is 0. The molecule has 3 aromatic rings. The van der Waals surface area contributed by atoms with Crippen molar-refractivity contribution in [3.63, 3.8) is 0 Å². The Morgan fingerprint density at radius 1 is 0.897 bits per heavy atom. The Morgan fingerprint density at radius 2 is 1.59 bits per heavy atom. The zero-order valence-corrected chi connectivity index (χ0v) is 15.6. The number of rotatable bonds is 6. The Kier molecular flexibility index (Phi) is 5.60. The van der Waals surface area contributed by atoms with Gasteiger partial charge in [-0.05, 0) is 54.6 Å². The summed E-state index contributed by atoms with van der Waals surface area (Å²) in [6.45, 7) is 0. The van der Waals surface area contributed by atoms with Gasteiger partial charge in [0, 0.05) is 11.3 Å². The monoisotopic (exact) mass is 414 g/mol. The maximum atomic E-state index is 13.0. The van der Waals surface area contributed by atoms with Gasteiger partial charge in [0.15, 0.2) is 0 Å². The molecule has 0 bridgehead atoms. The van der Waals surface area contributed by atoms with Gasteiger partial charge in [0.05, 0.1) is 16.1 Å². The second-order valence-electron chi connectivity index (χ2n) is 5.95. The smallest absolute Gasteiger partial charge is 0.337 e. The zero-order valence-electron chi connectivity index (χ0n) is 14.8. The summed E-state index contributed by atoms with van der Waals surface area (Å²) in [6, 6.07) is 15.9. The van der Waals surface area contributed by atoms with E-state index in [1.54, 1.807) is 6.07 Å². The van der Waals surface area contributed by atoms with Crippen LogP contribution in [0.4, 0.5) is 15.8 Å². The van der Waals surface area contributed by atoms with Crippen LogP contribution in [0.5, 0.6) is 0 Å². The van der Waals surface area contributed by atoms with Crippen LogP contribution in [0.15, 0.2) is 77.7 Å². The largest absolute Gasteiger partial charge is 0.478 e. The van der Waals surface area contributed by atoms with Crippen molar-refractivity contribution in [1.82, 2.24) is 0 Å². The van der Waals surface area contributed by atoms with Gasteiger partial charge in [0.25, 0.3) is 15.9 Å². The molecule has 0 aliphatic carbocycles. The number of hydrogen-bond acceptors (Lipinski definition) is 4. The highest BCUT2D eigenvalue weighted by Crippen LogP contribution is 2.20. The molecule has 0 unspecified atom stereocenters. The molecule has 7 nitrogen and oxygen atoms in total. The minimum Gasteiger partial charge on any atom is -0.478 e. The van der Waals surface area contributed by atoms with Crippen molar-refractivity contribution in [2.24, 2.45) is 0 Å². The predicted octanol–water partition coefficient (Wildman–Crippen LogP) is 3.58. The van der Waals surface area contributed by atoms with Crippen LogP contribution in [0.1, 0.15) is 20.7 Å². The maximum absolute atomic E-state index is 13.0. The number of carbonyl (C=O) groups is 2. The normalized spacial score (nSPS) is 10.9. The Labute approximate surface area is 165 Å². The van der Waals surface area contributed by atoms with Gasteiger partial charge in [-0.1, -0.05) is 18.2 Å². The average Bonchev–Trinajstić information content (AvgIpc) is 2.70. The summed E-state index contributed by atoms with van der Waals surface area (Å²) < 4.78 is 40.4. The van der Waals surface area contributed by atoms with E-state index in [-0.39, 0.29) is 27.4 Å². The van der Waals surface area contributed by atoms with E-state index in [0.29, 0.717) is 0 Å². The van der Waals surface area contributed by atoms with Gasteiger partial charge in [-0.3, -0.25) is 9.52 Å². The molecule has 9 heteroatoms. The van der Waals surface area contributed by atoms with Crippen LogP contribution < -0.4 is 10.0 Å². The molecule has 0 aliphatic rings. The topological polar surface area (TPSA) is 113 Å². The Balaban J connectivity index is 1.84. The first-order chi connectivity index (χ1) is 13.8. The van der Waals surface area contributed by atoms with Gasteiger partial charge in [-0.2, -0.15) is 0 Å². The molecule has 0 atom stereocenters. The average molecular weight is 414 g/mol. The molecule has 1 amide bonds. The van der Waals surface area contributed by atoms with Crippen molar-refractivity contribution in [2.75, 3.05) is 10.0 Å². The van der Waals surface area contributed by atoms with E-state index in [2.05, 4.69) is 10.0 Å². The van der Waals surface area contributed by atoms with Crippen LogP contribution >= 0.6 is 0 Å². The summed E-state index contributed by atoms with van der Waals surface area (Å²) in [6.07, 6.45) is 0. The quantitative estimate of drug-likeness (QED) is 0.571. The molecule has 0 saturated carbocycles. The highest BCUT2D eigenvalue weighted by atomic mass is 32.2. The van der Waals surface area contributed by atoms with Crippen molar-refractivity contribution in [2.45, 2.75) is 4.90 Å². The van der Waals surface area contributed by atoms with Gasteiger partial charge in [-0.15, -0.1) is 0 Å². The number of sulfonamides is 1. The summed E-state index contributed by atoms with van der Waals surface area (Å²) in [5, 5.41) is 11.7. The molecule has 0 heterocycles. The lowest BCUT2D eigenvalue weighted by Gasteiger charge is -2.11. The van der Waals surface area contributed by atoms with Gasteiger partial charge >= 0.3 is 5.97 Å². The molecule has 0 aromatic heterocycles. The first kappa shape index (κ1) is 20.0. The van der Waals surface area contributed by atoms with Crippen LogP contribution in [0.3, 0.4) is 0 Å². The summed E-state index contributed by atoms with van der Waals surface area (Å²) in [4.78, 5) is 23.6. The molecule has 148 valence electrons. The van der Waals surface area contributed by atoms with E-state index < -0.39 is 27.7 Å². The number of carboxylic acids is 1. The molecule has 0 radical (unpaired) electrons. The molecular weight excluding hydrogens is 399 g/mol. The Hall–Kier alpha value is -3.72. The number of benzene rings is 3. The van der Waals surface area contributed by atoms with Crippen LogP contribution in [-0.2, 0) is 10.0 Å². The van der Waals surface area contributed by atoms with Crippen molar-refractivity contribution in [1.29, 1.82) is 0 Å². The fraction of sp³-hybridized carbons (Fsp3) is 0. The fourth-order valence-electron chi connectivity index (χ4n) is 2.51. The predicted molar refractivity (Wildman–Crippen MR) is 105 cm³/mol. The molecular formula is C20H15FN2O5S. The third-order valence-corrected chi connectivity index (χ3v) is 5.29. The SMILES string of the molecule is O=C(Nc1ccccc1C(=O)O)c1cccc(S(=O)(=O)Nc2ccc(F)cc2)c1. The number of carbonyl (C=O) groups excluding carboxylic acids is 1. The summed E-state index contributed by atoms with van der Waals surface area (Å²) in [7, 11) is -4.02. The number of halogens is 1. The number of carboxylic acid groups (broad SMARTS) is 1. The van der Waals surface area contributed by atoms with E-state index in [1.807, 2.05) is 0 Å². The van der Waals surface area contributed by atoms with E-state index in [0.717, 1.165) is 18.2 Å². The second kappa shape index (κ2) is 8.11. The number of anilines is 2. The number of aromatic carboxylic acids is 1. The van der Waals surface area contributed by atoms with Gasteiger partial charge in [-0.25, -0.2) is 17.6 Å². The third kappa shape index (κ3) is 4.77. The third-order valence-electron chi connectivity index (χ3n) is 3.91. The lowest BCUT2D eigenvalue weighted by atomic mass is 10.1. The van der Waals surface area contributed by atoms with Crippen LogP contribution in [0.25, 0.3) is 0 Å². The summed E-state index contributed by atoms with van der Waals surface area (Å²) in [5.41, 5.74) is 0.175. The van der Waals surface area contributed by atoms with Crippen LogP contribution in [-0.4, -0.2) is 25.4 Å². The number of amides is 1. The molecule has 3 aromatic carbocycles. The molecule has 0 saturated heterocycles. The van der Waals surface area contributed by atoms with Crippen LogP contribution in [0, 0.1) is 5.82 Å². The minimum atomic E-state index is -4.02. The zero-order chi connectivity index (χ0) is 21.0. The maximum Gasteiger partial charge on any atom is 0.337 e. The van der Waals surface area contributed by atoms with Crippen molar-refractivity contribution < 1.29 is 27.5 Å². The number of para-hydroxylation sites is 1. The van der Waals surface area contributed by atoms with E-state index in [9.17, 15) is 27.5 Å². The Bertz CT molecular complexity index is 1180. The molecule has 3 rings (SSSR count). The molecule has 0 spiro atoms. The van der Waals surface area contributed by atoms with Crippen LogP contribution in [0.2, 0.25) is 0 Å². The fourth-order valence-corrected chi connectivity index (χ4v) is 3.61. The van der Waals surface area contributed by atoms with Gasteiger partial charge in [0.1, 0.15) is 5.82 Å². The van der Waals surface area contributed by atoms with E-state index in [4.69, 9.17) is 0 Å². The van der Waals surface area contributed by atoms with Crippen molar-refractivity contribution in [3.8, 4) is 0 Å². The lowest BCUT2D eigenvalue weighted by Crippen LogP contribution is -2.17. The molecule has 0 fully saturated rings. The molecule has 0 aliphatic heterocycles. The highest BCUT2D eigenvalue weighted by molar-refractivity contribution is 7.92. The first-order valence-electron chi connectivity index (χ1n) is 8.28. The first-order valence-corrected chi connectivity index (χ1v) is 9.77. The van der Waals surface area contributed by atoms with E-state index >= 15 is 0 Å². The van der Waals surface area contributed by atoms with Gasteiger partial charge in [0.2, 0.25) is 0 Å².